The Bertz CT molecular complexity index is 202. The number of piperidine rings is 1. The van der Waals surface area contributed by atoms with Gasteiger partial charge in [-0.3, -0.25) is 4.79 Å². The molecule has 0 aromatic carbocycles. The van der Waals surface area contributed by atoms with Crippen molar-refractivity contribution in [3.05, 3.63) is 0 Å². The third-order valence-electron chi connectivity index (χ3n) is 2.85. The first-order valence-electron chi connectivity index (χ1n) is 4.95. The quantitative estimate of drug-likeness (QED) is 0.568. The highest BCUT2D eigenvalue weighted by atomic mass is 16.3. The highest BCUT2D eigenvalue weighted by molar-refractivity contribution is 5.79. The van der Waals surface area contributed by atoms with Crippen LogP contribution in [0.5, 0.6) is 0 Å². The number of hydrogen-bond donors (Lipinski definition) is 2. The minimum atomic E-state index is -0.436. The lowest BCUT2D eigenvalue weighted by Crippen LogP contribution is -2.46. The third kappa shape index (κ3) is 1.84. The normalized spacial score (nSPS) is 35.5. The molecule has 0 aliphatic carbocycles. The van der Waals surface area contributed by atoms with E-state index in [2.05, 4.69) is 5.32 Å². The first-order valence-corrected chi connectivity index (χ1v) is 4.95. The van der Waals surface area contributed by atoms with Crippen LogP contribution in [0.25, 0.3) is 0 Å². The summed E-state index contributed by atoms with van der Waals surface area (Å²) >= 11 is 0. The van der Waals surface area contributed by atoms with Crippen LogP contribution >= 0.6 is 0 Å². The molecular formula is C9H16N2O2. The molecule has 2 heterocycles. The van der Waals surface area contributed by atoms with Crippen LogP contribution < -0.4 is 5.32 Å². The summed E-state index contributed by atoms with van der Waals surface area (Å²) in [6, 6.07) is 0.318. The van der Waals surface area contributed by atoms with E-state index < -0.39 is 6.10 Å². The summed E-state index contributed by atoms with van der Waals surface area (Å²) in [6.45, 7) is 2.48. The predicted octanol–water partition coefficient (Wildman–Crippen LogP) is -0.668. The number of likely N-dealkylation sites (tertiary alicyclic amines) is 1. The maximum absolute atomic E-state index is 11.4. The molecule has 2 rings (SSSR count). The molecule has 0 bridgehead atoms. The molecule has 0 spiro atoms. The molecule has 4 heteroatoms. The molecule has 0 radical (unpaired) electrons. The van der Waals surface area contributed by atoms with Crippen molar-refractivity contribution in [1.82, 2.24) is 10.2 Å². The average Bonchev–Trinajstić information content (AvgIpc) is 2.47. The fraction of sp³-hybridized carbons (Fsp3) is 0.889. The number of carbonyl (C=O) groups is 1. The van der Waals surface area contributed by atoms with Gasteiger partial charge >= 0.3 is 0 Å². The van der Waals surface area contributed by atoms with Gasteiger partial charge in [-0.05, 0) is 19.4 Å². The minimum Gasteiger partial charge on any atom is -0.391 e. The van der Waals surface area contributed by atoms with E-state index in [9.17, 15) is 9.90 Å². The van der Waals surface area contributed by atoms with Crippen molar-refractivity contribution in [2.75, 3.05) is 19.6 Å². The maximum Gasteiger partial charge on any atom is 0.225 e. The highest BCUT2D eigenvalue weighted by Gasteiger charge is 2.33. The molecule has 2 unspecified atom stereocenters. The van der Waals surface area contributed by atoms with E-state index in [4.69, 9.17) is 0 Å². The first kappa shape index (κ1) is 8.97. The summed E-state index contributed by atoms with van der Waals surface area (Å²) in [4.78, 5) is 13.3. The molecule has 0 saturated carbocycles. The van der Waals surface area contributed by atoms with E-state index in [-0.39, 0.29) is 5.91 Å². The minimum absolute atomic E-state index is 0.112. The Morgan fingerprint density at radius 1 is 1.54 bits per heavy atom. The van der Waals surface area contributed by atoms with E-state index in [1.807, 2.05) is 4.90 Å². The lowest BCUT2D eigenvalue weighted by atomic mass is 10.1. The standard InChI is InChI=1S/C9H16N2O2/c12-8-4-9(13)11(6-8)7-2-1-3-10-5-7/h7-8,10,12H,1-6H2. The van der Waals surface area contributed by atoms with Crippen molar-refractivity contribution in [1.29, 1.82) is 0 Å². The van der Waals surface area contributed by atoms with E-state index in [1.165, 1.54) is 0 Å². The van der Waals surface area contributed by atoms with Gasteiger partial charge < -0.3 is 15.3 Å². The van der Waals surface area contributed by atoms with Crippen LogP contribution in [0.4, 0.5) is 0 Å². The monoisotopic (exact) mass is 184 g/mol. The number of amides is 1. The second-order valence-corrected chi connectivity index (χ2v) is 3.90. The maximum atomic E-state index is 11.4. The van der Waals surface area contributed by atoms with Crippen molar-refractivity contribution in [3.8, 4) is 0 Å². The SMILES string of the molecule is O=C1CC(O)CN1C1CCCNC1. The predicted molar refractivity (Wildman–Crippen MR) is 48.2 cm³/mol. The summed E-state index contributed by atoms with van der Waals surface area (Å²) in [7, 11) is 0. The Labute approximate surface area is 77.9 Å². The fourth-order valence-electron chi connectivity index (χ4n) is 2.16. The molecule has 2 aliphatic rings. The Morgan fingerprint density at radius 2 is 2.38 bits per heavy atom. The first-order chi connectivity index (χ1) is 6.27. The highest BCUT2D eigenvalue weighted by Crippen LogP contribution is 2.18. The second-order valence-electron chi connectivity index (χ2n) is 3.90. The van der Waals surface area contributed by atoms with Crippen LogP contribution in [-0.2, 0) is 4.79 Å². The average molecular weight is 184 g/mol. The molecule has 2 saturated heterocycles. The Morgan fingerprint density at radius 3 is 2.92 bits per heavy atom. The summed E-state index contributed by atoms with van der Waals surface area (Å²) in [5.74, 6) is 0.112. The number of rotatable bonds is 1. The fourth-order valence-corrected chi connectivity index (χ4v) is 2.16. The molecule has 2 N–H and O–H groups in total. The summed E-state index contributed by atoms with van der Waals surface area (Å²) in [5.41, 5.74) is 0. The number of nitrogens with one attached hydrogen (secondary N) is 1. The van der Waals surface area contributed by atoms with E-state index in [0.29, 0.717) is 19.0 Å². The van der Waals surface area contributed by atoms with Gasteiger partial charge in [0.2, 0.25) is 5.91 Å². The molecule has 2 fully saturated rings. The van der Waals surface area contributed by atoms with E-state index in [1.54, 1.807) is 0 Å². The molecule has 0 aromatic rings. The van der Waals surface area contributed by atoms with Crippen molar-refractivity contribution in [3.63, 3.8) is 0 Å². The van der Waals surface area contributed by atoms with Crippen LogP contribution in [0, 0.1) is 0 Å². The van der Waals surface area contributed by atoms with Gasteiger partial charge in [-0.2, -0.15) is 0 Å². The summed E-state index contributed by atoms with van der Waals surface area (Å²) in [5, 5.41) is 12.6. The Balaban J connectivity index is 1.95. The molecule has 74 valence electrons. The van der Waals surface area contributed by atoms with Crippen molar-refractivity contribution >= 4 is 5.91 Å². The number of aliphatic hydroxyl groups excluding tert-OH is 1. The van der Waals surface area contributed by atoms with Crippen LogP contribution in [-0.4, -0.2) is 47.7 Å². The Hall–Kier alpha value is -0.610. The van der Waals surface area contributed by atoms with Gasteiger partial charge in [0.15, 0.2) is 0 Å². The molecule has 13 heavy (non-hydrogen) atoms. The van der Waals surface area contributed by atoms with Crippen molar-refractivity contribution in [2.24, 2.45) is 0 Å². The van der Waals surface area contributed by atoms with Gasteiger partial charge in [0, 0.05) is 19.1 Å². The number of hydrogen-bond acceptors (Lipinski definition) is 3. The molecule has 2 aliphatic heterocycles. The number of aliphatic hydroxyl groups is 1. The summed E-state index contributed by atoms with van der Waals surface area (Å²) in [6.07, 6.45) is 2.08. The zero-order chi connectivity index (χ0) is 9.26. The summed E-state index contributed by atoms with van der Waals surface area (Å²) < 4.78 is 0. The zero-order valence-electron chi connectivity index (χ0n) is 7.70. The van der Waals surface area contributed by atoms with E-state index >= 15 is 0 Å². The smallest absolute Gasteiger partial charge is 0.225 e. The Kier molecular flexibility index (Phi) is 2.51. The topological polar surface area (TPSA) is 52.6 Å². The van der Waals surface area contributed by atoms with Crippen molar-refractivity contribution in [2.45, 2.75) is 31.4 Å². The van der Waals surface area contributed by atoms with Crippen LogP contribution in [0.2, 0.25) is 0 Å². The number of nitrogens with zero attached hydrogens (tertiary/aromatic N) is 1. The van der Waals surface area contributed by atoms with Gasteiger partial charge in [-0.15, -0.1) is 0 Å². The lowest BCUT2D eigenvalue weighted by molar-refractivity contribution is -0.130. The molecule has 2 atom stereocenters. The molecule has 1 amide bonds. The largest absolute Gasteiger partial charge is 0.391 e. The van der Waals surface area contributed by atoms with Gasteiger partial charge in [-0.25, -0.2) is 0 Å². The van der Waals surface area contributed by atoms with Gasteiger partial charge in [0.25, 0.3) is 0 Å². The molecular weight excluding hydrogens is 168 g/mol. The number of β-amino-alcohol motifs (C(OH)–C–C–N with tert-alkyl or cyclic N) is 1. The molecule has 4 nitrogen and oxygen atoms in total. The van der Waals surface area contributed by atoms with Crippen LogP contribution in [0.1, 0.15) is 19.3 Å². The second kappa shape index (κ2) is 3.64. The van der Waals surface area contributed by atoms with Gasteiger partial charge in [-0.1, -0.05) is 0 Å². The zero-order valence-corrected chi connectivity index (χ0v) is 7.70. The number of carbonyl (C=O) groups excluding carboxylic acids is 1. The van der Waals surface area contributed by atoms with Gasteiger partial charge in [0.1, 0.15) is 0 Å². The van der Waals surface area contributed by atoms with E-state index in [0.717, 1.165) is 25.9 Å². The van der Waals surface area contributed by atoms with Crippen LogP contribution in [0.3, 0.4) is 0 Å². The van der Waals surface area contributed by atoms with Crippen LogP contribution in [0.15, 0.2) is 0 Å². The van der Waals surface area contributed by atoms with Gasteiger partial charge in [0.05, 0.1) is 12.5 Å². The van der Waals surface area contributed by atoms with Crippen molar-refractivity contribution < 1.29 is 9.90 Å². The molecule has 0 aromatic heterocycles. The lowest BCUT2D eigenvalue weighted by Gasteiger charge is -2.31. The third-order valence-corrected chi connectivity index (χ3v) is 2.85.